The lowest BCUT2D eigenvalue weighted by atomic mass is 10.00. The number of rotatable bonds is 11. The van der Waals surface area contributed by atoms with Gasteiger partial charge in [-0.25, -0.2) is 16.8 Å². The molecule has 3 aromatic rings. The molecule has 0 bridgehead atoms. The number of sulfone groups is 2. The summed E-state index contributed by atoms with van der Waals surface area (Å²) in [4.78, 5) is 4.97. The monoisotopic (exact) mass is 593 g/mol. The second-order valence-electron chi connectivity index (χ2n) is 8.67. The lowest BCUT2D eigenvalue weighted by molar-refractivity contribution is 0.594. The Morgan fingerprint density at radius 2 is 1.82 bits per heavy atom. The number of nitrogen functional groups attached to an aromatic ring is 1. The van der Waals surface area contributed by atoms with Crippen LogP contribution in [0.4, 0.5) is 5.69 Å². The van der Waals surface area contributed by atoms with Crippen LogP contribution in [-0.2, 0) is 19.7 Å². The smallest absolute Gasteiger partial charge is 0.208 e. The molecule has 13 heteroatoms. The van der Waals surface area contributed by atoms with Crippen molar-refractivity contribution in [1.82, 2.24) is 0 Å². The van der Waals surface area contributed by atoms with Gasteiger partial charge in [-0.3, -0.25) is 10.4 Å². The normalized spacial score (nSPS) is 12.4. The largest absolute Gasteiger partial charge is 0.383 e. The van der Waals surface area contributed by atoms with Crippen LogP contribution in [0.3, 0.4) is 0 Å². The maximum atomic E-state index is 13.5. The summed E-state index contributed by atoms with van der Waals surface area (Å²) in [5.74, 6) is 0.196. The molecule has 0 aliphatic heterocycles. The Labute approximate surface area is 232 Å². The number of nitrogens with zero attached hydrogens (tertiary/aromatic N) is 1. The molecule has 0 saturated carbocycles. The van der Waals surface area contributed by atoms with Crippen molar-refractivity contribution < 1.29 is 16.8 Å². The molecule has 0 fully saturated rings. The number of amidine groups is 1. The van der Waals surface area contributed by atoms with E-state index in [2.05, 4.69) is 10.3 Å². The number of hydrogen-bond donors (Lipinski definition) is 4. The highest BCUT2D eigenvalue weighted by atomic mass is 32.2. The first-order valence-corrected chi connectivity index (χ1v) is 17.1. The zero-order valence-corrected chi connectivity index (χ0v) is 24.6. The number of hydrogen-bond acceptors (Lipinski definition) is 8. The number of unbranched alkanes of at least 4 members (excludes halogenated alkanes) is 1. The van der Waals surface area contributed by atoms with Gasteiger partial charge in [-0.05, 0) is 73.0 Å². The standard InChI is InChI=1S/C25H31N5O4S4/c1-16-13-18(30-25(28)29-11-4-5-12-37(3,31)32)9-10-20(16)17-7-6-8-19(14-17)38(33,34)22-15-21(23(26)27)36-24(22)35-2/h6-10,13-15H,4-5,11-12H2,1-3H3,(H3,26,27)(H3,28,29,30). The number of anilines is 1. The quantitative estimate of drug-likeness (QED) is 0.111. The van der Waals surface area contributed by atoms with E-state index in [9.17, 15) is 16.8 Å². The van der Waals surface area contributed by atoms with Crippen molar-refractivity contribution in [3.8, 4) is 11.1 Å². The maximum Gasteiger partial charge on any atom is 0.208 e. The van der Waals surface area contributed by atoms with Crippen LogP contribution in [0.1, 0.15) is 23.3 Å². The fraction of sp³-hybridized carbons (Fsp3) is 0.280. The number of aliphatic imine (C=N–C) groups is 1. The first kappa shape index (κ1) is 29.7. The third kappa shape index (κ3) is 7.59. The highest BCUT2D eigenvalue weighted by molar-refractivity contribution is 8.01. The predicted molar refractivity (Wildman–Crippen MR) is 158 cm³/mol. The molecule has 0 spiro atoms. The molecule has 0 aliphatic rings. The van der Waals surface area contributed by atoms with Crippen LogP contribution in [-0.4, -0.2) is 53.4 Å². The van der Waals surface area contributed by atoms with E-state index in [4.69, 9.17) is 16.9 Å². The van der Waals surface area contributed by atoms with E-state index in [0.29, 0.717) is 28.5 Å². The molecular formula is C25H31N5O4S4. The molecule has 0 aliphatic carbocycles. The van der Waals surface area contributed by atoms with Gasteiger partial charge in [0.2, 0.25) is 9.84 Å². The zero-order chi connectivity index (χ0) is 28.1. The molecule has 2 aromatic carbocycles. The summed E-state index contributed by atoms with van der Waals surface area (Å²) in [6.45, 7) is 2.34. The van der Waals surface area contributed by atoms with Gasteiger partial charge in [0.25, 0.3) is 0 Å². The van der Waals surface area contributed by atoms with Gasteiger partial charge in [0, 0.05) is 24.2 Å². The minimum Gasteiger partial charge on any atom is -0.383 e. The van der Waals surface area contributed by atoms with Crippen molar-refractivity contribution in [3.05, 3.63) is 59.0 Å². The Balaban J connectivity index is 1.79. The van der Waals surface area contributed by atoms with Crippen LogP contribution in [0.5, 0.6) is 0 Å². The predicted octanol–water partition coefficient (Wildman–Crippen LogP) is 4.11. The summed E-state index contributed by atoms with van der Waals surface area (Å²) in [7, 11) is -6.80. The van der Waals surface area contributed by atoms with Crippen molar-refractivity contribution >= 4 is 60.3 Å². The Morgan fingerprint density at radius 3 is 2.45 bits per heavy atom. The molecule has 0 saturated heterocycles. The Hall–Kier alpha value is -2.87. The molecular weight excluding hydrogens is 563 g/mol. The Kier molecular flexibility index (Phi) is 9.63. The van der Waals surface area contributed by atoms with Crippen molar-refractivity contribution in [2.45, 2.75) is 33.8 Å². The summed E-state index contributed by atoms with van der Waals surface area (Å²) >= 11 is 2.50. The molecule has 38 heavy (non-hydrogen) atoms. The number of thiophene rings is 1. The van der Waals surface area contributed by atoms with Crippen LogP contribution in [0.2, 0.25) is 0 Å². The summed E-state index contributed by atoms with van der Waals surface area (Å²) < 4.78 is 50.0. The van der Waals surface area contributed by atoms with Crippen molar-refractivity contribution in [3.63, 3.8) is 0 Å². The number of nitrogens with two attached hydrogens (primary N) is 2. The second-order valence-corrected chi connectivity index (χ2v) is 15.0. The minimum absolute atomic E-state index is 0.129. The highest BCUT2D eigenvalue weighted by Gasteiger charge is 2.25. The van der Waals surface area contributed by atoms with Crippen LogP contribution in [0.15, 0.2) is 67.5 Å². The lowest BCUT2D eigenvalue weighted by Crippen LogP contribution is -2.23. The van der Waals surface area contributed by atoms with Crippen LogP contribution in [0, 0.1) is 12.3 Å². The first-order chi connectivity index (χ1) is 17.8. The van der Waals surface area contributed by atoms with Crippen molar-refractivity contribution in [1.29, 1.82) is 5.41 Å². The van der Waals surface area contributed by atoms with Crippen LogP contribution in [0.25, 0.3) is 11.1 Å². The van der Waals surface area contributed by atoms with Gasteiger partial charge >= 0.3 is 0 Å². The second kappa shape index (κ2) is 12.3. The van der Waals surface area contributed by atoms with Gasteiger partial charge in [0.1, 0.15) is 15.7 Å². The van der Waals surface area contributed by atoms with Crippen molar-refractivity contribution in [2.75, 3.05) is 30.1 Å². The van der Waals surface area contributed by atoms with E-state index in [0.717, 1.165) is 22.4 Å². The fourth-order valence-corrected chi connectivity index (χ4v) is 8.34. The topological polar surface area (TPSA) is 169 Å². The SMILES string of the molecule is CSc1sc(C(=N)N)cc1S(=O)(=O)c1cccc(-c2ccc(NC(N)=NCCCCS(C)(=O)=O)cc2C)c1. The van der Waals surface area contributed by atoms with E-state index in [1.807, 2.05) is 31.2 Å². The lowest BCUT2D eigenvalue weighted by Gasteiger charge is -2.12. The van der Waals surface area contributed by atoms with Gasteiger partial charge in [-0.15, -0.1) is 23.1 Å². The minimum atomic E-state index is -3.82. The average molecular weight is 594 g/mol. The Bertz CT molecular complexity index is 1580. The van der Waals surface area contributed by atoms with Crippen LogP contribution >= 0.6 is 23.1 Å². The molecule has 204 valence electrons. The molecule has 0 atom stereocenters. The summed E-state index contributed by atoms with van der Waals surface area (Å²) in [5, 5.41) is 10.7. The molecule has 3 rings (SSSR count). The van der Waals surface area contributed by atoms with E-state index < -0.39 is 19.7 Å². The van der Waals surface area contributed by atoms with E-state index in [1.54, 1.807) is 24.5 Å². The van der Waals surface area contributed by atoms with E-state index >= 15 is 0 Å². The maximum absolute atomic E-state index is 13.5. The molecule has 6 N–H and O–H groups in total. The Morgan fingerprint density at radius 1 is 1.08 bits per heavy atom. The van der Waals surface area contributed by atoms with E-state index in [1.165, 1.54) is 35.4 Å². The highest BCUT2D eigenvalue weighted by Crippen LogP contribution is 2.38. The molecule has 1 heterocycles. The van der Waals surface area contributed by atoms with Gasteiger partial charge in [0.15, 0.2) is 5.96 Å². The van der Waals surface area contributed by atoms with Gasteiger partial charge < -0.3 is 16.8 Å². The third-order valence-corrected chi connectivity index (χ3v) is 10.9. The number of aryl methyl sites for hydroxylation is 1. The molecule has 0 amide bonds. The van der Waals surface area contributed by atoms with Gasteiger partial charge in [-0.2, -0.15) is 0 Å². The van der Waals surface area contributed by atoms with Crippen LogP contribution < -0.4 is 16.8 Å². The number of benzene rings is 2. The van der Waals surface area contributed by atoms with E-state index in [-0.39, 0.29) is 27.3 Å². The summed E-state index contributed by atoms with van der Waals surface area (Å²) in [6, 6.07) is 13.8. The molecule has 0 unspecified atom stereocenters. The summed E-state index contributed by atoms with van der Waals surface area (Å²) in [6.07, 6.45) is 4.15. The van der Waals surface area contributed by atoms with Gasteiger partial charge in [-0.1, -0.05) is 18.2 Å². The summed E-state index contributed by atoms with van der Waals surface area (Å²) in [5.41, 5.74) is 14.8. The molecule has 0 radical (unpaired) electrons. The average Bonchev–Trinajstić information content (AvgIpc) is 3.29. The number of thioether (sulfide) groups is 1. The number of nitrogens with one attached hydrogen (secondary N) is 2. The third-order valence-electron chi connectivity index (χ3n) is 5.57. The molecule has 9 nitrogen and oxygen atoms in total. The molecule has 1 aromatic heterocycles. The first-order valence-electron chi connectivity index (χ1n) is 11.5. The fourth-order valence-electron chi connectivity index (χ4n) is 3.71. The van der Waals surface area contributed by atoms with Crippen molar-refractivity contribution in [2.24, 2.45) is 16.5 Å². The number of guanidine groups is 1. The van der Waals surface area contributed by atoms with Gasteiger partial charge in [0.05, 0.1) is 18.9 Å². The zero-order valence-electron chi connectivity index (χ0n) is 21.3.